The highest BCUT2D eigenvalue weighted by Crippen LogP contribution is 2.25. The summed E-state index contributed by atoms with van der Waals surface area (Å²) in [4.78, 5) is 4.18. The molecular weight excluding hydrogens is 234 g/mol. The molecule has 0 amide bonds. The number of para-hydroxylation sites is 1. The maximum absolute atomic E-state index is 5.85. The lowest BCUT2D eigenvalue weighted by Crippen LogP contribution is -2.01. The maximum Gasteiger partial charge on any atom is 0.153 e. The van der Waals surface area contributed by atoms with Gasteiger partial charge >= 0.3 is 0 Å². The molecule has 3 nitrogen and oxygen atoms in total. The fraction of sp³-hybridized carbons (Fsp3) is 0.154. The summed E-state index contributed by atoms with van der Waals surface area (Å²) < 4.78 is 0. The number of halogens is 1. The van der Waals surface area contributed by atoms with Gasteiger partial charge in [-0.05, 0) is 24.1 Å². The third kappa shape index (κ3) is 2.68. The van der Waals surface area contributed by atoms with E-state index in [1.54, 1.807) is 12.3 Å². The van der Waals surface area contributed by atoms with Crippen LogP contribution in [-0.4, -0.2) is 4.98 Å². The maximum atomic E-state index is 5.85. The second-order valence-electron chi connectivity index (χ2n) is 3.73. The molecule has 0 aliphatic heterocycles. The number of anilines is 3. The van der Waals surface area contributed by atoms with E-state index < -0.39 is 0 Å². The Hall–Kier alpha value is -1.74. The smallest absolute Gasteiger partial charge is 0.153 e. The predicted molar refractivity (Wildman–Crippen MR) is 72.8 cm³/mol. The third-order valence-electron chi connectivity index (χ3n) is 2.54. The first-order chi connectivity index (χ1) is 8.20. The molecule has 0 aliphatic carbocycles. The van der Waals surface area contributed by atoms with E-state index in [9.17, 15) is 0 Å². The van der Waals surface area contributed by atoms with E-state index in [2.05, 4.69) is 23.3 Å². The number of benzene rings is 1. The van der Waals surface area contributed by atoms with Gasteiger partial charge in [-0.25, -0.2) is 4.98 Å². The summed E-state index contributed by atoms with van der Waals surface area (Å²) in [7, 11) is 0. The van der Waals surface area contributed by atoms with Crippen molar-refractivity contribution in [2.45, 2.75) is 13.3 Å². The second kappa shape index (κ2) is 5.06. The van der Waals surface area contributed by atoms with Crippen LogP contribution in [0.1, 0.15) is 12.5 Å². The van der Waals surface area contributed by atoms with Crippen LogP contribution < -0.4 is 11.1 Å². The van der Waals surface area contributed by atoms with E-state index in [0.717, 1.165) is 12.1 Å². The van der Waals surface area contributed by atoms with Crippen molar-refractivity contribution < 1.29 is 0 Å². The van der Waals surface area contributed by atoms with Crippen LogP contribution in [0.25, 0.3) is 0 Å². The molecule has 0 bridgehead atoms. The first-order valence-electron chi connectivity index (χ1n) is 5.46. The molecule has 17 heavy (non-hydrogen) atoms. The normalized spacial score (nSPS) is 10.2. The molecule has 0 saturated carbocycles. The van der Waals surface area contributed by atoms with Gasteiger partial charge in [0.2, 0.25) is 0 Å². The topological polar surface area (TPSA) is 50.9 Å². The van der Waals surface area contributed by atoms with Gasteiger partial charge in [0, 0.05) is 11.9 Å². The Kier molecular flexibility index (Phi) is 3.49. The lowest BCUT2D eigenvalue weighted by Gasteiger charge is -2.11. The lowest BCUT2D eigenvalue weighted by molar-refractivity contribution is 1.14. The number of rotatable bonds is 3. The molecule has 0 saturated heterocycles. The Balaban J connectivity index is 2.31. The Bertz CT molecular complexity index is 526. The second-order valence-corrected chi connectivity index (χ2v) is 4.16. The molecule has 1 aromatic heterocycles. The average Bonchev–Trinajstić information content (AvgIpc) is 2.33. The average molecular weight is 248 g/mol. The van der Waals surface area contributed by atoms with Crippen molar-refractivity contribution in [1.29, 1.82) is 0 Å². The van der Waals surface area contributed by atoms with Crippen molar-refractivity contribution in [2.24, 2.45) is 0 Å². The van der Waals surface area contributed by atoms with Crippen LogP contribution >= 0.6 is 11.6 Å². The summed E-state index contributed by atoms with van der Waals surface area (Å²) in [5.74, 6) is 0.635. The van der Waals surface area contributed by atoms with Gasteiger partial charge in [-0.2, -0.15) is 0 Å². The molecule has 4 heteroatoms. The van der Waals surface area contributed by atoms with E-state index in [1.165, 1.54) is 5.56 Å². The van der Waals surface area contributed by atoms with E-state index in [4.69, 9.17) is 17.3 Å². The van der Waals surface area contributed by atoms with E-state index in [1.807, 2.05) is 18.2 Å². The van der Waals surface area contributed by atoms with Crippen LogP contribution in [-0.2, 0) is 6.42 Å². The molecule has 0 unspecified atom stereocenters. The number of nitrogens with zero attached hydrogens (tertiary/aromatic N) is 1. The van der Waals surface area contributed by atoms with Crippen molar-refractivity contribution in [3.63, 3.8) is 0 Å². The van der Waals surface area contributed by atoms with Gasteiger partial charge in [-0.15, -0.1) is 0 Å². The van der Waals surface area contributed by atoms with E-state index in [-0.39, 0.29) is 0 Å². The van der Waals surface area contributed by atoms with Crippen LogP contribution in [0.2, 0.25) is 5.02 Å². The van der Waals surface area contributed by atoms with Gasteiger partial charge in [-0.3, -0.25) is 0 Å². The third-order valence-corrected chi connectivity index (χ3v) is 2.74. The number of pyridine rings is 1. The highest BCUT2D eigenvalue weighted by Gasteiger charge is 2.04. The molecule has 0 atom stereocenters. The van der Waals surface area contributed by atoms with Gasteiger partial charge in [0.1, 0.15) is 0 Å². The van der Waals surface area contributed by atoms with Gasteiger partial charge in [-0.1, -0.05) is 36.7 Å². The van der Waals surface area contributed by atoms with Crippen LogP contribution in [0, 0.1) is 0 Å². The highest BCUT2D eigenvalue weighted by atomic mass is 35.5. The van der Waals surface area contributed by atoms with E-state index in [0.29, 0.717) is 16.5 Å². The predicted octanol–water partition coefficient (Wildman–Crippen LogP) is 3.62. The lowest BCUT2D eigenvalue weighted by atomic mass is 10.1. The Morgan fingerprint density at radius 2 is 2.12 bits per heavy atom. The first kappa shape index (κ1) is 11.7. The minimum Gasteiger partial charge on any atom is -0.396 e. The summed E-state index contributed by atoms with van der Waals surface area (Å²) >= 11 is 5.81. The molecule has 1 aromatic carbocycles. The molecular formula is C13H14ClN3. The molecule has 1 heterocycles. The highest BCUT2D eigenvalue weighted by molar-refractivity contribution is 6.30. The minimum absolute atomic E-state index is 0.539. The number of nitrogen functional groups attached to an aromatic ring is 1. The summed E-state index contributed by atoms with van der Waals surface area (Å²) in [6.45, 7) is 2.11. The number of aryl methyl sites for hydroxylation is 1. The first-order valence-corrected chi connectivity index (χ1v) is 5.84. The quantitative estimate of drug-likeness (QED) is 0.871. The SMILES string of the molecule is CCc1ccccc1Nc1ncc(Cl)cc1N. The number of hydrogen-bond donors (Lipinski definition) is 2. The summed E-state index contributed by atoms with van der Waals surface area (Å²) in [6, 6.07) is 9.77. The molecule has 88 valence electrons. The van der Waals surface area contributed by atoms with Gasteiger partial charge in [0.05, 0.1) is 10.7 Å². The molecule has 2 aromatic rings. The number of nitrogens with one attached hydrogen (secondary N) is 1. The Morgan fingerprint density at radius 1 is 1.35 bits per heavy atom. The van der Waals surface area contributed by atoms with Gasteiger partial charge in [0.15, 0.2) is 5.82 Å². The van der Waals surface area contributed by atoms with Crippen LogP contribution in [0.3, 0.4) is 0 Å². The van der Waals surface area contributed by atoms with Gasteiger partial charge in [0.25, 0.3) is 0 Å². The zero-order valence-corrected chi connectivity index (χ0v) is 10.3. The van der Waals surface area contributed by atoms with Gasteiger partial charge < -0.3 is 11.1 Å². The molecule has 0 spiro atoms. The Morgan fingerprint density at radius 3 is 2.82 bits per heavy atom. The zero-order valence-electron chi connectivity index (χ0n) is 9.57. The standard InChI is InChI=1S/C13H14ClN3/c1-2-9-5-3-4-6-12(9)17-13-11(15)7-10(14)8-16-13/h3-8H,2,15H2,1H3,(H,16,17). The van der Waals surface area contributed by atoms with Crippen molar-refractivity contribution in [3.8, 4) is 0 Å². The number of hydrogen-bond acceptors (Lipinski definition) is 3. The summed E-state index contributed by atoms with van der Waals surface area (Å²) in [5.41, 5.74) is 8.65. The van der Waals surface area contributed by atoms with E-state index >= 15 is 0 Å². The van der Waals surface area contributed by atoms with Crippen LogP contribution in [0.5, 0.6) is 0 Å². The molecule has 0 fully saturated rings. The van der Waals surface area contributed by atoms with Crippen LogP contribution in [0.4, 0.5) is 17.2 Å². The van der Waals surface area contributed by atoms with Crippen molar-refractivity contribution in [2.75, 3.05) is 11.1 Å². The molecule has 3 N–H and O–H groups in total. The number of aromatic nitrogens is 1. The fourth-order valence-electron chi connectivity index (χ4n) is 1.64. The number of nitrogens with two attached hydrogens (primary N) is 1. The van der Waals surface area contributed by atoms with Crippen molar-refractivity contribution in [3.05, 3.63) is 47.1 Å². The molecule has 0 aliphatic rings. The summed E-state index contributed by atoms with van der Waals surface area (Å²) in [6.07, 6.45) is 2.53. The minimum atomic E-state index is 0.539. The fourth-order valence-corrected chi connectivity index (χ4v) is 1.80. The Labute approximate surface area is 106 Å². The van der Waals surface area contributed by atoms with Crippen LogP contribution in [0.15, 0.2) is 36.5 Å². The largest absolute Gasteiger partial charge is 0.396 e. The van der Waals surface area contributed by atoms with Crippen molar-refractivity contribution >= 4 is 28.8 Å². The molecule has 0 radical (unpaired) electrons. The zero-order chi connectivity index (χ0) is 12.3. The monoisotopic (exact) mass is 247 g/mol. The summed E-state index contributed by atoms with van der Waals surface area (Å²) in [5, 5.41) is 3.76. The van der Waals surface area contributed by atoms with Crippen molar-refractivity contribution in [1.82, 2.24) is 4.98 Å². The molecule has 2 rings (SSSR count).